The Balaban J connectivity index is 1.46. The highest BCUT2D eigenvalue weighted by molar-refractivity contribution is 5.94. The molecule has 13 nitrogen and oxygen atoms in total. The lowest BCUT2D eigenvalue weighted by atomic mass is 10.1. The normalized spacial score (nSPS) is 17.6. The van der Waals surface area contributed by atoms with E-state index in [0.717, 1.165) is 37.6 Å². The molecule has 2 fully saturated rings. The fraction of sp³-hybridized carbons (Fsp3) is 0.593. The maximum Gasteiger partial charge on any atom is 0.491 e. The summed E-state index contributed by atoms with van der Waals surface area (Å²) in [5.74, 6) is -3.35. The minimum Gasteiger partial charge on any atom is -0.415 e. The van der Waals surface area contributed by atoms with Gasteiger partial charge in [-0.15, -0.1) is 0 Å². The van der Waals surface area contributed by atoms with E-state index in [1.165, 1.54) is 4.90 Å². The number of anilines is 4. The Morgan fingerprint density at radius 1 is 1.19 bits per heavy atom. The highest BCUT2D eigenvalue weighted by Gasteiger charge is 2.42. The summed E-state index contributed by atoms with van der Waals surface area (Å²) in [6, 6.07) is -0.283. The Labute approximate surface area is 248 Å². The van der Waals surface area contributed by atoms with E-state index in [1.807, 2.05) is 10.9 Å². The van der Waals surface area contributed by atoms with Crippen LogP contribution in [0.25, 0.3) is 0 Å². The molecular formula is C27H38F3N9O4. The first kappa shape index (κ1) is 32.0. The van der Waals surface area contributed by atoms with Crippen LogP contribution in [0.15, 0.2) is 30.9 Å². The molecule has 4 rings (SSSR count). The SMILES string of the molecule is C=C(OC(=O)C(F)(F)F)C(=O)N1CCC[C@H](Nc2nc(Nc3cnn(CCN(CC)CC)c3)ncc2N2CCOCC2)C1. The number of aromatic nitrogens is 4. The number of carbonyl (C=O) groups is 2. The van der Waals surface area contributed by atoms with Crippen molar-refractivity contribution >= 4 is 35.0 Å². The minimum atomic E-state index is -5.23. The van der Waals surface area contributed by atoms with Crippen LogP contribution in [0.2, 0.25) is 0 Å². The van der Waals surface area contributed by atoms with E-state index in [2.05, 4.69) is 55.7 Å². The van der Waals surface area contributed by atoms with Crippen molar-refractivity contribution in [1.29, 1.82) is 0 Å². The molecule has 2 aliphatic heterocycles. The second-order valence-electron chi connectivity index (χ2n) is 10.2. The lowest BCUT2D eigenvalue weighted by Crippen LogP contribution is -2.46. The fourth-order valence-electron chi connectivity index (χ4n) is 4.90. The Morgan fingerprint density at radius 2 is 1.93 bits per heavy atom. The van der Waals surface area contributed by atoms with Crippen molar-refractivity contribution in [3.05, 3.63) is 30.9 Å². The van der Waals surface area contributed by atoms with E-state index in [0.29, 0.717) is 50.9 Å². The number of nitrogens with zero attached hydrogens (tertiary/aromatic N) is 7. The zero-order valence-corrected chi connectivity index (χ0v) is 24.4. The molecule has 2 N–H and O–H groups in total. The van der Waals surface area contributed by atoms with Crippen LogP contribution in [0.3, 0.4) is 0 Å². The fourth-order valence-corrected chi connectivity index (χ4v) is 4.90. The van der Waals surface area contributed by atoms with Gasteiger partial charge in [0.05, 0.1) is 43.5 Å². The minimum absolute atomic E-state index is 0.149. The van der Waals surface area contributed by atoms with Crippen LogP contribution in [0.4, 0.5) is 36.3 Å². The molecule has 4 heterocycles. The highest BCUT2D eigenvalue weighted by Crippen LogP contribution is 2.28. The maximum absolute atomic E-state index is 12.7. The number of amides is 1. The second kappa shape index (κ2) is 14.5. The van der Waals surface area contributed by atoms with Crippen molar-refractivity contribution in [1.82, 2.24) is 29.5 Å². The Kier molecular flexibility index (Phi) is 10.8. The van der Waals surface area contributed by atoms with Crippen LogP contribution in [0.5, 0.6) is 0 Å². The van der Waals surface area contributed by atoms with Gasteiger partial charge in [0, 0.05) is 45.0 Å². The van der Waals surface area contributed by atoms with Gasteiger partial charge in [0.25, 0.3) is 5.91 Å². The van der Waals surface area contributed by atoms with Gasteiger partial charge in [-0.2, -0.15) is 23.3 Å². The summed E-state index contributed by atoms with van der Waals surface area (Å²) < 4.78 is 49.3. The number of alkyl halides is 3. The van der Waals surface area contributed by atoms with E-state index >= 15 is 0 Å². The number of hydrogen-bond acceptors (Lipinski definition) is 11. The number of hydrogen-bond donors (Lipinski definition) is 2. The lowest BCUT2D eigenvalue weighted by molar-refractivity contribution is -0.196. The van der Waals surface area contributed by atoms with Gasteiger partial charge in [-0.05, 0) is 25.9 Å². The molecule has 16 heteroatoms. The first-order valence-electron chi connectivity index (χ1n) is 14.3. The summed E-state index contributed by atoms with van der Waals surface area (Å²) in [6.45, 7) is 13.9. The monoisotopic (exact) mass is 609 g/mol. The standard InChI is InChI=1S/C27H38F3N9O4/c1-4-36(5-2)9-10-39-18-21(15-32-39)34-26-31-16-22(37-11-13-42-14-12-37)23(35-26)33-20-7-6-8-38(17-20)24(40)19(3)43-25(41)27(28,29)30/h15-16,18,20H,3-14,17H2,1-2H3,(H2,31,33,34,35)/t20-/m0/s1. The topological polar surface area (TPSA) is 130 Å². The molecule has 236 valence electrons. The number of rotatable bonds is 12. The molecule has 2 aliphatic rings. The molecular weight excluding hydrogens is 571 g/mol. The van der Waals surface area contributed by atoms with Crippen molar-refractivity contribution in [3.63, 3.8) is 0 Å². The van der Waals surface area contributed by atoms with Crippen LogP contribution < -0.4 is 15.5 Å². The zero-order valence-electron chi connectivity index (χ0n) is 24.4. The molecule has 1 atom stereocenters. The van der Waals surface area contributed by atoms with Crippen LogP contribution in [0.1, 0.15) is 26.7 Å². The van der Waals surface area contributed by atoms with Crippen LogP contribution in [-0.2, 0) is 25.6 Å². The Morgan fingerprint density at radius 3 is 2.63 bits per heavy atom. The summed E-state index contributed by atoms with van der Waals surface area (Å²) in [7, 11) is 0. The largest absolute Gasteiger partial charge is 0.491 e. The molecule has 1 amide bonds. The number of piperidine rings is 1. The number of likely N-dealkylation sites (tertiary alicyclic amines) is 1. The third-order valence-electron chi connectivity index (χ3n) is 7.29. The number of halogens is 3. The van der Waals surface area contributed by atoms with Gasteiger partial charge in [0.15, 0.2) is 11.6 Å². The van der Waals surface area contributed by atoms with Gasteiger partial charge >= 0.3 is 12.1 Å². The summed E-state index contributed by atoms with van der Waals surface area (Å²) in [5, 5.41) is 11.0. The number of likely N-dealkylation sites (N-methyl/N-ethyl adjacent to an activating group) is 1. The molecule has 2 saturated heterocycles. The van der Waals surface area contributed by atoms with E-state index in [1.54, 1.807) is 12.4 Å². The van der Waals surface area contributed by atoms with Gasteiger partial charge in [0.2, 0.25) is 5.95 Å². The number of ether oxygens (including phenoxy) is 2. The maximum atomic E-state index is 12.7. The van der Waals surface area contributed by atoms with Crippen molar-refractivity contribution in [3.8, 4) is 0 Å². The quantitative estimate of drug-likeness (QED) is 0.209. The molecule has 0 bridgehead atoms. The first-order valence-corrected chi connectivity index (χ1v) is 14.3. The van der Waals surface area contributed by atoms with E-state index in [9.17, 15) is 22.8 Å². The molecule has 43 heavy (non-hydrogen) atoms. The average Bonchev–Trinajstić information content (AvgIpc) is 3.44. The van der Waals surface area contributed by atoms with E-state index in [-0.39, 0.29) is 19.1 Å². The zero-order chi connectivity index (χ0) is 31.0. The summed E-state index contributed by atoms with van der Waals surface area (Å²) in [6.07, 6.45) is 1.33. The smallest absolute Gasteiger partial charge is 0.415 e. The van der Waals surface area contributed by atoms with Gasteiger partial charge < -0.3 is 34.8 Å². The summed E-state index contributed by atoms with van der Waals surface area (Å²) >= 11 is 0. The van der Waals surface area contributed by atoms with Crippen molar-refractivity contribution in [2.24, 2.45) is 0 Å². The van der Waals surface area contributed by atoms with Crippen LogP contribution in [-0.4, -0.2) is 113 Å². The molecule has 0 aromatic carbocycles. The van der Waals surface area contributed by atoms with E-state index in [4.69, 9.17) is 9.72 Å². The molecule has 0 saturated carbocycles. The number of carbonyl (C=O) groups excluding carboxylic acids is 2. The lowest BCUT2D eigenvalue weighted by Gasteiger charge is -2.35. The van der Waals surface area contributed by atoms with Gasteiger partial charge in [-0.25, -0.2) is 9.78 Å². The van der Waals surface area contributed by atoms with Crippen LogP contribution >= 0.6 is 0 Å². The van der Waals surface area contributed by atoms with Gasteiger partial charge in [-0.3, -0.25) is 9.48 Å². The van der Waals surface area contributed by atoms with Gasteiger partial charge in [0.1, 0.15) is 0 Å². The van der Waals surface area contributed by atoms with Crippen molar-refractivity contribution in [2.45, 2.75) is 45.5 Å². The number of esters is 1. The molecule has 0 spiro atoms. The average molecular weight is 610 g/mol. The Bertz CT molecular complexity index is 1260. The highest BCUT2D eigenvalue weighted by atomic mass is 19.4. The van der Waals surface area contributed by atoms with Gasteiger partial charge in [-0.1, -0.05) is 20.4 Å². The number of morpholine rings is 1. The first-order chi connectivity index (χ1) is 20.6. The molecule has 0 radical (unpaired) electrons. The summed E-state index contributed by atoms with van der Waals surface area (Å²) in [5.41, 5.74) is 1.49. The van der Waals surface area contributed by atoms with Crippen molar-refractivity contribution in [2.75, 3.05) is 74.6 Å². The molecule has 2 aromatic rings. The van der Waals surface area contributed by atoms with Crippen LogP contribution in [0, 0.1) is 0 Å². The van der Waals surface area contributed by atoms with Crippen molar-refractivity contribution < 1.29 is 32.2 Å². The third-order valence-corrected chi connectivity index (χ3v) is 7.29. The second-order valence-corrected chi connectivity index (χ2v) is 10.2. The number of nitrogens with one attached hydrogen (secondary N) is 2. The molecule has 0 unspecified atom stereocenters. The predicted octanol–water partition coefficient (Wildman–Crippen LogP) is 2.62. The summed E-state index contributed by atoms with van der Waals surface area (Å²) in [4.78, 5) is 38.9. The molecule has 2 aromatic heterocycles. The molecule has 0 aliphatic carbocycles. The third kappa shape index (κ3) is 8.79. The van der Waals surface area contributed by atoms with E-state index < -0.39 is 23.8 Å². The predicted molar refractivity (Wildman–Crippen MR) is 153 cm³/mol. The Hall–Kier alpha value is -3.92.